The van der Waals surface area contributed by atoms with Gasteiger partial charge in [0.15, 0.2) is 0 Å². The molecule has 11 heteroatoms. The number of hydrogen-bond acceptors (Lipinski definition) is 6. The van der Waals surface area contributed by atoms with E-state index in [4.69, 9.17) is 16.3 Å². The van der Waals surface area contributed by atoms with Crippen molar-refractivity contribution < 1.29 is 32.6 Å². The fraction of sp³-hybridized carbons (Fsp3) is 0.500. The molecule has 0 bridgehead atoms. The minimum absolute atomic E-state index is 0.00750. The van der Waals surface area contributed by atoms with E-state index in [0.717, 1.165) is 11.8 Å². The van der Waals surface area contributed by atoms with Crippen molar-refractivity contribution in [3.63, 3.8) is 0 Å². The van der Waals surface area contributed by atoms with Crippen LogP contribution in [0.2, 0.25) is 5.02 Å². The molecule has 0 fully saturated rings. The van der Waals surface area contributed by atoms with E-state index in [1.807, 2.05) is 0 Å². The highest BCUT2D eigenvalue weighted by Gasteiger charge is 2.31. The number of ether oxygens (including phenoxy) is 1. The Balaban J connectivity index is 2.75. The first-order valence-corrected chi connectivity index (χ1v) is 8.22. The molecule has 6 nitrogen and oxygen atoms in total. The second-order valence-electron chi connectivity index (χ2n) is 5.84. The van der Waals surface area contributed by atoms with E-state index in [9.17, 15) is 27.9 Å². The zero-order chi connectivity index (χ0) is 19.4. The largest absolute Gasteiger partial charge is 0.548 e. The van der Waals surface area contributed by atoms with Gasteiger partial charge in [0.2, 0.25) is 0 Å². The van der Waals surface area contributed by atoms with Crippen LogP contribution in [-0.2, 0) is 15.7 Å². The summed E-state index contributed by atoms with van der Waals surface area (Å²) in [4.78, 5) is 26.3. The average Bonchev–Trinajstić information content (AvgIpc) is 2.41. The number of carbonyl (C=O) groups excluding carboxylic acids is 2. The van der Waals surface area contributed by atoms with Gasteiger partial charge in [0.25, 0.3) is 0 Å². The number of halogens is 4. The summed E-state index contributed by atoms with van der Waals surface area (Å²) in [6.45, 7) is 4.80. The van der Waals surface area contributed by atoms with Crippen molar-refractivity contribution >= 4 is 35.4 Å². The van der Waals surface area contributed by atoms with E-state index in [2.05, 4.69) is 10.3 Å². The quantitative estimate of drug-likeness (QED) is 0.765. The lowest BCUT2D eigenvalue weighted by Gasteiger charge is -2.24. The van der Waals surface area contributed by atoms with Crippen molar-refractivity contribution in [3.05, 3.63) is 22.8 Å². The molecule has 1 aromatic rings. The molecule has 0 unspecified atom stereocenters. The number of carboxylic acids is 1. The number of nitrogens with zero attached hydrogens (tertiary/aromatic N) is 1. The second-order valence-corrected chi connectivity index (χ2v) is 7.25. The van der Waals surface area contributed by atoms with Gasteiger partial charge in [0, 0.05) is 11.9 Å². The van der Waals surface area contributed by atoms with Crippen molar-refractivity contribution in [2.45, 2.75) is 43.6 Å². The maximum Gasteiger partial charge on any atom is 0.417 e. The molecule has 1 rings (SSSR count). The number of rotatable bonds is 5. The minimum Gasteiger partial charge on any atom is -0.548 e. The Morgan fingerprint density at radius 3 is 2.44 bits per heavy atom. The van der Waals surface area contributed by atoms with Crippen LogP contribution in [0.3, 0.4) is 0 Å². The summed E-state index contributed by atoms with van der Waals surface area (Å²) in [7, 11) is 0. The number of carbonyl (C=O) groups is 2. The fourth-order valence-electron chi connectivity index (χ4n) is 1.47. The molecular weight excluding hydrogens is 385 g/mol. The molecule has 140 valence electrons. The van der Waals surface area contributed by atoms with Gasteiger partial charge < -0.3 is 20.0 Å². The first kappa shape index (κ1) is 21.4. The van der Waals surface area contributed by atoms with Crippen molar-refractivity contribution in [3.8, 4) is 0 Å². The van der Waals surface area contributed by atoms with Crippen LogP contribution >= 0.6 is 23.4 Å². The van der Waals surface area contributed by atoms with E-state index in [0.29, 0.717) is 12.3 Å². The highest BCUT2D eigenvalue weighted by Crippen LogP contribution is 2.33. The highest BCUT2D eigenvalue weighted by atomic mass is 35.5. The Bertz CT molecular complexity index is 650. The van der Waals surface area contributed by atoms with Gasteiger partial charge in [-0.15, -0.1) is 11.8 Å². The van der Waals surface area contributed by atoms with Crippen LogP contribution in [0.15, 0.2) is 17.3 Å². The summed E-state index contributed by atoms with van der Waals surface area (Å²) in [5.74, 6) is -1.85. The number of hydrogen-bond donors (Lipinski definition) is 1. The Morgan fingerprint density at radius 2 is 2.00 bits per heavy atom. The van der Waals surface area contributed by atoms with Crippen molar-refractivity contribution in [1.82, 2.24) is 10.3 Å². The van der Waals surface area contributed by atoms with Crippen molar-refractivity contribution in [1.29, 1.82) is 0 Å². The number of thioether (sulfide) groups is 1. The lowest BCUT2D eigenvalue weighted by molar-refractivity contribution is -0.307. The maximum absolute atomic E-state index is 12.5. The molecule has 1 heterocycles. The van der Waals surface area contributed by atoms with Crippen molar-refractivity contribution in [2.75, 3.05) is 5.75 Å². The molecule has 0 aliphatic rings. The van der Waals surface area contributed by atoms with E-state index in [-0.39, 0.29) is 15.8 Å². The van der Waals surface area contributed by atoms with Gasteiger partial charge in [-0.1, -0.05) is 11.6 Å². The summed E-state index contributed by atoms with van der Waals surface area (Å²) < 4.78 is 42.6. The van der Waals surface area contributed by atoms with Crippen LogP contribution in [0.4, 0.5) is 18.0 Å². The molecule has 0 aliphatic heterocycles. The molecule has 0 saturated heterocycles. The Labute approximate surface area is 151 Å². The Hall–Kier alpha value is -1.68. The Kier molecular flexibility index (Phi) is 6.95. The summed E-state index contributed by atoms with van der Waals surface area (Å²) in [6, 6.07) is -0.758. The lowest BCUT2D eigenvalue weighted by Crippen LogP contribution is -2.50. The number of alkyl halides is 3. The maximum atomic E-state index is 12.5. The van der Waals surface area contributed by atoms with Crippen molar-refractivity contribution in [2.24, 2.45) is 0 Å². The number of alkyl carbamates (subject to hydrolysis) is 1. The van der Waals surface area contributed by atoms with E-state index in [1.54, 1.807) is 20.8 Å². The summed E-state index contributed by atoms with van der Waals surface area (Å²) >= 11 is 6.49. The second kappa shape index (κ2) is 8.13. The third-order valence-electron chi connectivity index (χ3n) is 2.50. The van der Waals surface area contributed by atoms with Crippen LogP contribution in [0.5, 0.6) is 0 Å². The van der Waals surface area contributed by atoms with Crippen LogP contribution < -0.4 is 10.4 Å². The minimum atomic E-state index is -4.59. The molecule has 0 spiro atoms. The van der Waals surface area contributed by atoms with Gasteiger partial charge in [0.1, 0.15) is 10.6 Å². The fourth-order valence-corrected chi connectivity index (χ4v) is 2.67. The van der Waals surface area contributed by atoms with Gasteiger partial charge in [-0.2, -0.15) is 13.2 Å². The zero-order valence-corrected chi connectivity index (χ0v) is 15.0. The van der Waals surface area contributed by atoms with Crippen LogP contribution in [-0.4, -0.2) is 34.4 Å². The standard InChI is InChI=1S/C14H16ClF3N2O4S/c1-13(2,3)24-12(23)20-9(11(21)22)6-25-10-8(15)4-7(5-19-10)14(16,17)18/h4-5,9H,6H2,1-3H3,(H,20,23)(H,21,22)/p-1/t9-/m1/s1. The van der Waals surface area contributed by atoms with Gasteiger partial charge in [0.05, 0.1) is 22.6 Å². The van der Waals surface area contributed by atoms with E-state index in [1.165, 1.54) is 0 Å². The Morgan fingerprint density at radius 1 is 1.40 bits per heavy atom. The van der Waals surface area contributed by atoms with E-state index < -0.39 is 35.4 Å². The number of pyridine rings is 1. The van der Waals surface area contributed by atoms with Gasteiger partial charge >= 0.3 is 12.3 Å². The number of nitrogens with one attached hydrogen (secondary N) is 1. The molecule has 1 amide bonds. The smallest absolute Gasteiger partial charge is 0.417 e. The molecular formula is C14H15ClF3N2O4S-. The molecule has 0 saturated carbocycles. The summed E-state index contributed by atoms with van der Waals surface area (Å²) in [5, 5.41) is 12.9. The number of amides is 1. The summed E-state index contributed by atoms with van der Waals surface area (Å²) in [5.41, 5.74) is -1.85. The topological polar surface area (TPSA) is 91.3 Å². The first-order valence-electron chi connectivity index (χ1n) is 6.85. The molecule has 1 N–H and O–H groups in total. The molecule has 0 aromatic carbocycles. The predicted octanol–water partition coefficient (Wildman–Crippen LogP) is 2.49. The molecule has 0 radical (unpaired) electrons. The molecule has 1 aromatic heterocycles. The number of aliphatic carboxylic acids is 1. The van der Waals surface area contributed by atoms with Crippen LogP contribution in [0, 0.1) is 0 Å². The SMILES string of the molecule is CC(C)(C)OC(=O)N[C@H](CSc1ncc(C(F)(F)F)cc1Cl)C(=O)[O-]. The summed E-state index contributed by atoms with van der Waals surface area (Å²) in [6.07, 6.45) is -4.97. The van der Waals surface area contributed by atoms with Gasteiger partial charge in [-0.25, -0.2) is 9.78 Å². The normalized spacial score (nSPS) is 13.2. The highest BCUT2D eigenvalue weighted by molar-refractivity contribution is 7.99. The third-order valence-corrected chi connectivity index (χ3v) is 4.00. The van der Waals surface area contributed by atoms with E-state index >= 15 is 0 Å². The molecule has 0 aliphatic carbocycles. The van der Waals surface area contributed by atoms with Crippen LogP contribution in [0.25, 0.3) is 0 Å². The number of carboxylic acid groups (broad SMARTS) is 1. The van der Waals surface area contributed by atoms with Crippen LogP contribution in [0.1, 0.15) is 26.3 Å². The number of aromatic nitrogens is 1. The lowest BCUT2D eigenvalue weighted by atomic mass is 10.2. The predicted molar refractivity (Wildman–Crippen MR) is 83.1 cm³/mol. The first-order chi connectivity index (χ1) is 11.3. The van der Waals surface area contributed by atoms with Gasteiger partial charge in [-0.05, 0) is 26.8 Å². The van der Waals surface area contributed by atoms with Gasteiger partial charge in [-0.3, -0.25) is 0 Å². The zero-order valence-electron chi connectivity index (χ0n) is 13.4. The third kappa shape index (κ3) is 7.39. The molecule has 25 heavy (non-hydrogen) atoms. The average molecular weight is 400 g/mol. The monoisotopic (exact) mass is 399 g/mol. The molecule has 1 atom stereocenters.